The number of carbonyl (C=O) groups is 1. The highest BCUT2D eigenvalue weighted by Crippen LogP contribution is 2.13. The van der Waals surface area contributed by atoms with Crippen LogP contribution in [0.1, 0.15) is 12.5 Å². The minimum atomic E-state index is -0.493. The molecule has 1 aliphatic rings. The van der Waals surface area contributed by atoms with Gasteiger partial charge in [-0.25, -0.2) is 0 Å². The Labute approximate surface area is 143 Å². The summed E-state index contributed by atoms with van der Waals surface area (Å²) in [5.41, 5.74) is 6.51. The van der Waals surface area contributed by atoms with E-state index < -0.39 is 6.04 Å². The first kappa shape index (κ1) is 19.7. The number of amides is 1. The topological polar surface area (TPSA) is 76.8 Å². The molecule has 23 heavy (non-hydrogen) atoms. The summed E-state index contributed by atoms with van der Waals surface area (Å²) in [5, 5.41) is 2.79. The van der Waals surface area contributed by atoms with Crippen LogP contribution in [0.15, 0.2) is 24.3 Å². The lowest BCUT2D eigenvalue weighted by Gasteiger charge is -2.26. The molecule has 0 aliphatic carbocycles. The van der Waals surface area contributed by atoms with Crippen molar-refractivity contribution in [3.8, 4) is 5.75 Å². The number of nitrogens with one attached hydrogen (secondary N) is 1. The molecular weight excluding hydrogens is 318 g/mol. The maximum Gasteiger partial charge on any atom is 0.236 e. The molecule has 1 amide bonds. The summed E-state index contributed by atoms with van der Waals surface area (Å²) in [6.07, 6.45) is 0. The SMILES string of the molecule is CC(N)C(=O)NCc1cccc(OCCN2CCOCC2)c1.Cl. The summed E-state index contributed by atoms with van der Waals surface area (Å²) < 4.78 is 11.1. The molecule has 1 aromatic rings. The molecule has 1 aliphatic heterocycles. The van der Waals surface area contributed by atoms with Gasteiger partial charge in [-0.2, -0.15) is 0 Å². The Morgan fingerprint density at radius 3 is 2.87 bits per heavy atom. The zero-order valence-corrected chi connectivity index (χ0v) is 14.3. The van der Waals surface area contributed by atoms with E-state index in [0.29, 0.717) is 13.2 Å². The summed E-state index contributed by atoms with van der Waals surface area (Å²) in [4.78, 5) is 13.8. The number of nitrogens with two attached hydrogens (primary N) is 1. The smallest absolute Gasteiger partial charge is 0.236 e. The highest BCUT2D eigenvalue weighted by atomic mass is 35.5. The Morgan fingerprint density at radius 2 is 2.17 bits per heavy atom. The monoisotopic (exact) mass is 343 g/mol. The van der Waals surface area contributed by atoms with Crippen molar-refractivity contribution in [1.82, 2.24) is 10.2 Å². The molecule has 130 valence electrons. The zero-order chi connectivity index (χ0) is 15.8. The van der Waals surface area contributed by atoms with Crippen molar-refractivity contribution in [3.63, 3.8) is 0 Å². The first-order valence-electron chi connectivity index (χ1n) is 7.70. The number of benzene rings is 1. The summed E-state index contributed by atoms with van der Waals surface area (Å²) in [6, 6.07) is 7.26. The number of nitrogens with zero attached hydrogens (tertiary/aromatic N) is 1. The van der Waals surface area contributed by atoms with Crippen molar-refractivity contribution < 1.29 is 14.3 Å². The standard InChI is InChI=1S/C16H25N3O3.ClH/c1-13(17)16(20)18-12-14-3-2-4-15(11-14)22-10-7-19-5-8-21-9-6-19;/h2-4,11,13H,5-10,12,17H2,1H3,(H,18,20);1H. The second-order valence-electron chi connectivity index (χ2n) is 5.46. The van der Waals surface area contributed by atoms with Crippen LogP contribution < -0.4 is 15.8 Å². The number of hydrogen-bond acceptors (Lipinski definition) is 5. The number of hydrogen-bond donors (Lipinski definition) is 2. The van der Waals surface area contributed by atoms with Crippen LogP contribution in [0, 0.1) is 0 Å². The second-order valence-corrected chi connectivity index (χ2v) is 5.46. The van der Waals surface area contributed by atoms with Crippen LogP contribution in [-0.4, -0.2) is 56.3 Å². The predicted octanol–water partition coefficient (Wildman–Crippen LogP) is 0.783. The Bertz CT molecular complexity index is 479. The fourth-order valence-electron chi connectivity index (χ4n) is 2.21. The van der Waals surface area contributed by atoms with Gasteiger partial charge in [0, 0.05) is 26.2 Å². The van der Waals surface area contributed by atoms with E-state index >= 15 is 0 Å². The van der Waals surface area contributed by atoms with Crippen LogP contribution in [-0.2, 0) is 16.1 Å². The molecule has 1 fully saturated rings. The van der Waals surface area contributed by atoms with Crippen molar-refractivity contribution in [2.75, 3.05) is 39.5 Å². The van der Waals surface area contributed by atoms with Crippen molar-refractivity contribution in [2.24, 2.45) is 5.73 Å². The van der Waals surface area contributed by atoms with Gasteiger partial charge >= 0.3 is 0 Å². The van der Waals surface area contributed by atoms with Crippen LogP contribution >= 0.6 is 12.4 Å². The molecule has 0 saturated carbocycles. The van der Waals surface area contributed by atoms with Crippen molar-refractivity contribution in [1.29, 1.82) is 0 Å². The summed E-state index contributed by atoms with van der Waals surface area (Å²) in [7, 11) is 0. The molecule has 1 atom stereocenters. The summed E-state index contributed by atoms with van der Waals surface area (Å²) in [5.74, 6) is 0.666. The normalized spacial score (nSPS) is 16.3. The Morgan fingerprint density at radius 1 is 1.43 bits per heavy atom. The minimum absolute atomic E-state index is 0. The minimum Gasteiger partial charge on any atom is -0.492 e. The maximum absolute atomic E-state index is 11.5. The number of carbonyl (C=O) groups excluding carboxylic acids is 1. The summed E-state index contributed by atoms with van der Waals surface area (Å²) >= 11 is 0. The highest BCUT2D eigenvalue weighted by Gasteiger charge is 2.10. The van der Waals surface area contributed by atoms with Crippen LogP contribution in [0.4, 0.5) is 0 Å². The van der Waals surface area contributed by atoms with Gasteiger partial charge in [-0.1, -0.05) is 12.1 Å². The fraction of sp³-hybridized carbons (Fsp3) is 0.562. The van der Waals surface area contributed by atoms with E-state index in [1.165, 1.54) is 0 Å². The quantitative estimate of drug-likeness (QED) is 0.765. The van der Waals surface area contributed by atoms with Crippen LogP contribution in [0.3, 0.4) is 0 Å². The van der Waals surface area contributed by atoms with Crippen molar-refractivity contribution >= 4 is 18.3 Å². The molecule has 1 aromatic carbocycles. The van der Waals surface area contributed by atoms with E-state index in [0.717, 1.165) is 44.2 Å². The van der Waals surface area contributed by atoms with Gasteiger partial charge in [-0.05, 0) is 24.6 Å². The van der Waals surface area contributed by atoms with Gasteiger partial charge < -0.3 is 20.5 Å². The Kier molecular flexibility index (Phi) is 8.94. The van der Waals surface area contributed by atoms with E-state index in [9.17, 15) is 4.79 Å². The van der Waals surface area contributed by atoms with E-state index in [-0.39, 0.29) is 18.3 Å². The number of morpholine rings is 1. The molecule has 1 unspecified atom stereocenters. The maximum atomic E-state index is 11.5. The van der Waals surface area contributed by atoms with E-state index in [2.05, 4.69) is 10.2 Å². The van der Waals surface area contributed by atoms with Gasteiger partial charge in [0.2, 0.25) is 5.91 Å². The Balaban J connectivity index is 0.00000264. The van der Waals surface area contributed by atoms with E-state index in [1.54, 1.807) is 6.92 Å². The predicted molar refractivity (Wildman–Crippen MR) is 91.9 cm³/mol. The van der Waals surface area contributed by atoms with E-state index in [4.69, 9.17) is 15.2 Å². The van der Waals surface area contributed by atoms with Crippen molar-refractivity contribution in [2.45, 2.75) is 19.5 Å². The lowest BCUT2D eigenvalue weighted by atomic mass is 10.2. The third-order valence-electron chi connectivity index (χ3n) is 3.56. The molecular formula is C16H26ClN3O3. The average Bonchev–Trinajstić information content (AvgIpc) is 2.54. The second kappa shape index (κ2) is 10.4. The molecule has 6 nitrogen and oxygen atoms in total. The van der Waals surface area contributed by atoms with Gasteiger partial charge in [0.15, 0.2) is 0 Å². The number of ether oxygens (including phenoxy) is 2. The third kappa shape index (κ3) is 7.18. The highest BCUT2D eigenvalue weighted by molar-refractivity contribution is 5.85. The molecule has 0 spiro atoms. The van der Waals surface area contributed by atoms with Crippen molar-refractivity contribution in [3.05, 3.63) is 29.8 Å². The summed E-state index contributed by atoms with van der Waals surface area (Å²) in [6.45, 7) is 7.20. The molecule has 7 heteroatoms. The molecule has 1 heterocycles. The van der Waals surface area contributed by atoms with Gasteiger partial charge in [0.25, 0.3) is 0 Å². The first-order valence-corrected chi connectivity index (χ1v) is 7.70. The van der Waals surface area contributed by atoms with Crippen LogP contribution in [0.5, 0.6) is 5.75 Å². The lowest BCUT2D eigenvalue weighted by molar-refractivity contribution is -0.122. The van der Waals surface area contributed by atoms with Gasteiger partial charge in [0.05, 0.1) is 19.3 Å². The molecule has 2 rings (SSSR count). The Hall–Kier alpha value is -1.34. The molecule has 3 N–H and O–H groups in total. The van der Waals surface area contributed by atoms with Gasteiger partial charge in [-0.15, -0.1) is 12.4 Å². The van der Waals surface area contributed by atoms with Crippen LogP contribution in [0.25, 0.3) is 0 Å². The molecule has 0 bridgehead atoms. The largest absolute Gasteiger partial charge is 0.492 e. The first-order chi connectivity index (χ1) is 10.6. The van der Waals surface area contributed by atoms with Gasteiger partial charge in [0.1, 0.15) is 12.4 Å². The fourth-order valence-corrected chi connectivity index (χ4v) is 2.21. The average molecular weight is 344 g/mol. The number of halogens is 1. The molecule has 0 aromatic heterocycles. The molecule has 0 radical (unpaired) electrons. The molecule has 1 saturated heterocycles. The lowest BCUT2D eigenvalue weighted by Crippen LogP contribution is -2.38. The van der Waals surface area contributed by atoms with Gasteiger partial charge in [-0.3, -0.25) is 9.69 Å². The zero-order valence-electron chi connectivity index (χ0n) is 13.5. The van der Waals surface area contributed by atoms with Crippen LogP contribution in [0.2, 0.25) is 0 Å². The van der Waals surface area contributed by atoms with E-state index in [1.807, 2.05) is 24.3 Å². The third-order valence-corrected chi connectivity index (χ3v) is 3.56. The number of rotatable bonds is 7.